The van der Waals surface area contributed by atoms with Crippen LogP contribution < -0.4 is 0 Å². The molecule has 0 spiro atoms. The Bertz CT molecular complexity index is 654. The Morgan fingerprint density at radius 1 is 1.09 bits per heavy atom. The summed E-state index contributed by atoms with van der Waals surface area (Å²) in [6.07, 6.45) is 2.76. The maximum absolute atomic E-state index is 6.09. The Morgan fingerprint density at radius 3 is 2.57 bits per heavy atom. The summed E-state index contributed by atoms with van der Waals surface area (Å²) in [5.74, 6) is 3.85. The van der Waals surface area contributed by atoms with E-state index in [2.05, 4.69) is 52.8 Å². The van der Waals surface area contributed by atoms with Crippen molar-refractivity contribution >= 4 is 22.7 Å². The lowest BCUT2D eigenvalue weighted by atomic mass is 10.1. The van der Waals surface area contributed by atoms with E-state index in [9.17, 15) is 0 Å². The molecule has 23 heavy (non-hydrogen) atoms. The highest BCUT2D eigenvalue weighted by molar-refractivity contribution is 7.99. The topological polar surface area (TPSA) is 19.6 Å². The second-order valence-electron chi connectivity index (χ2n) is 6.80. The van der Waals surface area contributed by atoms with Gasteiger partial charge in [-0.05, 0) is 42.9 Å². The highest BCUT2D eigenvalue weighted by atomic mass is 32.2. The Hall–Kier alpha value is -0.970. The number of hydrogen-bond donors (Lipinski definition) is 0. The Kier molecular flexibility index (Phi) is 4.65. The van der Waals surface area contributed by atoms with E-state index in [1.807, 2.05) is 0 Å². The lowest BCUT2D eigenvalue weighted by Gasteiger charge is -2.40. The van der Waals surface area contributed by atoms with Gasteiger partial charge in [0.25, 0.3) is 0 Å². The molecular formula is C19H26N2OS. The van der Waals surface area contributed by atoms with E-state index in [0.717, 1.165) is 23.9 Å². The van der Waals surface area contributed by atoms with Gasteiger partial charge in [0.2, 0.25) is 0 Å². The summed E-state index contributed by atoms with van der Waals surface area (Å²) in [6, 6.07) is 9.22. The SMILES string of the molecule is Cc1c(CN2CCN(C3CCSCC3)CC2)oc2ccccc12. The highest BCUT2D eigenvalue weighted by Gasteiger charge is 2.26. The molecular weight excluding hydrogens is 304 g/mol. The van der Waals surface area contributed by atoms with Crippen molar-refractivity contribution in [2.24, 2.45) is 0 Å². The molecule has 2 aromatic rings. The van der Waals surface area contributed by atoms with Gasteiger partial charge < -0.3 is 4.42 Å². The van der Waals surface area contributed by atoms with Crippen LogP contribution in [0.15, 0.2) is 28.7 Å². The zero-order valence-corrected chi connectivity index (χ0v) is 14.8. The van der Waals surface area contributed by atoms with E-state index >= 15 is 0 Å². The molecule has 3 nitrogen and oxygen atoms in total. The number of fused-ring (bicyclic) bond motifs is 1. The Balaban J connectivity index is 1.37. The quantitative estimate of drug-likeness (QED) is 0.853. The summed E-state index contributed by atoms with van der Waals surface area (Å²) < 4.78 is 6.09. The van der Waals surface area contributed by atoms with Gasteiger partial charge in [-0.2, -0.15) is 11.8 Å². The van der Waals surface area contributed by atoms with Gasteiger partial charge in [0.1, 0.15) is 11.3 Å². The van der Waals surface area contributed by atoms with Crippen LogP contribution in [-0.2, 0) is 6.54 Å². The van der Waals surface area contributed by atoms with E-state index < -0.39 is 0 Å². The largest absolute Gasteiger partial charge is 0.459 e. The maximum Gasteiger partial charge on any atom is 0.134 e. The second kappa shape index (κ2) is 6.88. The van der Waals surface area contributed by atoms with Crippen molar-refractivity contribution in [3.63, 3.8) is 0 Å². The first-order valence-electron chi connectivity index (χ1n) is 8.82. The number of nitrogens with zero attached hydrogens (tertiary/aromatic N) is 2. The van der Waals surface area contributed by atoms with Crippen molar-refractivity contribution < 1.29 is 4.42 Å². The third-order valence-electron chi connectivity index (χ3n) is 5.42. The van der Waals surface area contributed by atoms with E-state index in [0.29, 0.717) is 0 Å². The summed E-state index contributed by atoms with van der Waals surface area (Å²) in [6.45, 7) is 7.91. The number of hydrogen-bond acceptors (Lipinski definition) is 4. The minimum atomic E-state index is 0.839. The molecule has 124 valence electrons. The summed E-state index contributed by atoms with van der Waals surface area (Å²) in [5, 5.41) is 1.26. The molecule has 2 aliphatic heterocycles. The van der Waals surface area contributed by atoms with Crippen molar-refractivity contribution in [1.82, 2.24) is 9.80 Å². The number of thioether (sulfide) groups is 1. The predicted molar refractivity (Wildman–Crippen MR) is 98.1 cm³/mol. The Morgan fingerprint density at radius 2 is 1.83 bits per heavy atom. The molecule has 4 heteroatoms. The average Bonchev–Trinajstić information content (AvgIpc) is 2.93. The van der Waals surface area contributed by atoms with Crippen LogP contribution in [0.1, 0.15) is 24.2 Å². The van der Waals surface area contributed by atoms with Crippen molar-refractivity contribution in [3.8, 4) is 0 Å². The molecule has 4 rings (SSSR count). The van der Waals surface area contributed by atoms with Crippen LogP contribution in [0.25, 0.3) is 11.0 Å². The van der Waals surface area contributed by atoms with Crippen LogP contribution in [0, 0.1) is 6.92 Å². The third-order valence-corrected chi connectivity index (χ3v) is 6.47. The lowest BCUT2D eigenvalue weighted by molar-refractivity contribution is 0.0842. The van der Waals surface area contributed by atoms with Gasteiger partial charge in [0, 0.05) is 37.6 Å². The molecule has 0 radical (unpaired) electrons. The minimum Gasteiger partial charge on any atom is -0.459 e. The van der Waals surface area contributed by atoms with Crippen molar-refractivity contribution in [2.75, 3.05) is 37.7 Å². The van der Waals surface area contributed by atoms with Crippen LogP contribution >= 0.6 is 11.8 Å². The fourth-order valence-corrected chi connectivity index (χ4v) is 5.00. The van der Waals surface area contributed by atoms with E-state index in [1.165, 1.54) is 61.5 Å². The van der Waals surface area contributed by atoms with Crippen molar-refractivity contribution in [1.29, 1.82) is 0 Å². The van der Waals surface area contributed by atoms with Gasteiger partial charge in [-0.15, -0.1) is 0 Å². The Labute approximate surface area is 143 Å². The summed E-state index contributed by atoms with van der Waals surface area (Å²) in [7, 11) is 0. The summed E-state index contributed by atoms with van der Waals surface area (Å²) >= 11 is 2.12. The fourth-order valence-electron chi connectivity index (χ4n) is 3.92. The first kappa shape index (κ1) is 15.6. The van der Waals surface area contributed by atoms with Crippen LogP contribution in [-0.4, -0.2) is 53.5 Å². The molecule has 0 saturated carbocycles. The van der Waals surface area contributed by atoms with Crippen LogP contribution in [0.5, 0.6) is 0 Å². The van der Waals surface area contributed by atoms with Crippen molar-refractivity contribution in [2.45, 2.75) is 32.4 Å². The molecule has 0 bridgehead atoms. The maximum atomic E-state index is 6.09. The molecule has 0 aliphatic carbocycles. The van der Waals surface area contributed by atoms with Crippen LogP contribution in [0.3, 0.4) is 0 Å². The third kappa shape index (κ3) is 3.30. The molecule has 3 heterocycles. The molecule has 0 amide bonds. The van der Waals surface area contributed by atoms with Crippen molar-refractivity contribution in [3.05, 3.63) is 35.6 Å². The molecule has 0 N–H and O–H groups in total. The van der Waals surface area contributed by atoms with E-state index in [1.54, 1.807) is 0 Å². The molecule has 2 saturated heterocycles. The van der Waals surface area contributed by atoms with Gasteiger partial charge in [0.05, 0.1) is 6.54 Å². The zero-order valence-electron chi connectivity index (χ0n) is 14.0. The molecule has 1 aromatic carbocycles. The number of rotatable bonds is 3. The van der Waals surface area contributed by atoms with Gasteiger partial charge in [-0.25, -0.2) is 0 Å². The van der Waals surface area contributed by atoms with Gasteiger partial charge in [-0.1, -0.05) is 18.2 Å². The smallest absolute Gasteiger partial charge is 0.134 e. The average molecular weight is 330 g/mol. The summed E-state index contributed by atoms with van der Waals surface area (Å²) in [4.78, 5) is 5.28. The van der Waals surface area contributed by atoms with Crippen LogP contribution in [0.4, 0.5) is 0 Å². The van der Waals surface area contributed by atoms with Gasteiger partial charge in [0.15, 0.2) is 0 Å². The van der Waals surface area contributed by atoms with Gasteiger partial charge >= 0.3 is 0 Å². The number of furan rings is 1. The first-order valence-corrected chi connectivity index (χ1v) is 9.98. The van der Waals surface area contributed by atoms with E-state index in [4.69, 9.17) is 4.42 Å². The molecule has 0 atom stereocenters. The zero-order chi connectivity index (χ0) is 15.6. The van der Waals surface area contributed by atoms with E-state index in [-0.39, 0.29) is 0 Å². The number of benzene rings is 1. The molecule has 0 unspecified atom stereocenters. The highest BCUT2D eigenvalue weighted by Crippen LogP contribution is 2.27. The standard InChI is InChI=1S/C19H26N2OS/c1-15-17-4-2-3-5-18(17)22-19(15)14-20-8-10-21(11-9-20)16-6-12-23-13-7-16/h2-5,16H,6-14H2,1H3. The molecule has 2 aliphatic rings. The molecule has 2 fully saturated rings. The number of piperazine rings is 1. The van der Waals surface area contributed by atoms with Crippen LogP contribution in [0.2, 0.25) is 0 Å². The lowest BCUT2D eigenvalue weighted by Crippen LogP contribution is -2.50. The number of para-hydroxylation sites is 1. The monoisotopic (exact) mass is 330 g/mol. The summed E-state index contributed by atoms with van der Waals surface area (Å²) in [5.41, 5.74) is 2.34. The van der Waals surface area contributed by atoms with Gasteiger partial charge in [-0.3, -0.25) is 9.80 Å². The molecule has 1 aromatic heterocycles. The predicted octanol–water partition coefficient (Wildman–Crippen LogP) is 3.75. The minimum absolute atomic E-state index is 0.839. The second-order valence-corrected chi connectivity index (χ2v) is 8.03. The fraction of sp³-hybridized carbons (Fsp3) is 0.579. The normalized spacial score (nSPS) is 22.0. The number of aryl methyl sites for hydroxylation is 1. The first-order chi connectivity index (χ1) is 11.3.